The maximum Gasteiger partial charge on any atom is 0.317 e. The fraction of sp³-hybridized carbons (Fsp3) is 0.875. The van der Waals surface area contributed by atoms with E-state index >= 15 is 0 Å². The van der Waals surface area contributed by atoms with Gasteiger partial charge in [-0.1, -0.05) is 27.7 Å². The van der Waals surface area contributed by atoms with E-state index in [2.05, 4.69) is 33.0 Å². The van der Waals surface area contributed by atoms with Crippen molar-refractivity contribution in [2.75, 3.05) is 13.1 Å². The van der Waals surface area contributed by atoms with Crippen LogP contribution in [0.25, 0.3) is 0 Å². The predicted octanol–water partition coefficient (Wildman–Crippen LogP) is 3.10. The Hall–Kier alpha value is -1.26. The monoisotopic (exact) mass is 298 g/mol. The minimum Gasteiger partial charge on any atom is -0.481 e. The van der Waals surface area contributed by atoms with Gasteiger partial charge in [-0.05, 0) is 37.0 Å². The topological polar surface area (TPSA) is 69.6 Å². The first-order valence-electron chi connectivity index (χ1n) is 8.00. The number of urea groups is 1. The van der Waals surface area contributed by atoms with Crippen molar-refractivity contribution in [2.45, 2.75) is 65.8 Å². The van der Waals surface area contributed by atoms with E-state index in [1.165, 1.54) is 0 Å². The van der Waals surface area contributed by atoms with Gasteiger partial charge in [-0.2, -0.15) is 0 Å². The number of nitrogens with one attached hydrogen (secondary N) is 1. The van der Waals surface area contributed by atoms with Gasteiger partial charge in [0.1, 0.15) is 0 Å². The molecule has 1 saturated heterocycles. The van der Waals surface area contributed by atoms with E-state index in [0.29, 0.717) is 18.9 Å². The summed E-state index contributed by atoms with van der Waals surface area (Å²) in [6, 6.07) is 0.0239. The van der Waals surface area contributed by atoms with Gasteiger partial charge in [0.05, 0.1) is 0 Å². The number of likely N-dealkylation sites (tertiary alicyclic amines) is 1. The third kappa shape index (κ3) is 5.56. The van der Waals surface area contributed by atoms with Gasteiger partial charge in [-0.15, -0.1) is 0 Å². The smallest absolute Gasteiger partial charge is 0.317 e. The number of hydrogen-bond donors (Lipinski definition) is 2. The fourth-order valence-electron chi connectivity index (χ4n) is 2.47. The average Bonchev–Trinajstić information content (AvgIpc) is 2.42. The number of rotatable bonds is 6. The molecule has 5 heteroatoms. The Kier molecular flexibility index (Phi) is 6.49. The zero-order chi connectivity index (χ0) is 16.0. The number of piperidine rings is 1. The molecule has 0 saturated carbocycles. The second-order valence-electron chi connectivity index (χ2n) is 7.08. The zero-order valence-corrected chi connectivity index (χ0v) is 13.8. The van der Waals surface area contributed by atoms with Crippen LogP contribution in [-0.4, -0.2) is 41.1 Å². The Morgan fingerprint density at radius 2 is 2.00 bits per heavy atom. The summed E-state index contributed by atoms with van der Waals surface area (Å²) in [7, 11) is 0. The van der Waals surface area contributed by atoms with Crippen LogP contribution in [0.3, 0.4) is 0 Å². The molecule has 1 unspecified atom stereocenters. The fourth-order valence-corrected chi connectivity index (χ4v) is 2.47. The van der Waals surface area contributed by atoms with E-state index in [0.717, 1.165) is 25.8 Å². The molecule has 2 N–H and O–H groups in total. The second-order valence-corrected chi connectivity index (χ2v) is 7.08. The Balaban J connectivity index is 2.54. The molecule has 0 bridgehead atoms. The minimum atomic E-state index is -0.790. The number of carbonyl (C=O) groups excluding carboxylic acids is 1. The molecule has 0 radical (unpaired) electrons. The van der Waals surface area contributed by atoms with E-state index in [1.807, 2.05) is 4.90 Å². The summed E-state index contributed by atoms with van der Waals surface area (Å²) in [5.41, 5.74) is 0.0575. The Morgan fingerprint density at radius 1 is 1.33 bits per heavy atom. The summed E-state index contributed by atoms with van der Waals surface area (Å²) >= 11 is 0. The van der Waals surface area contributed by atoms with E-state index in [9.17, 15) is 9.59 Å². The number of carboxylic acids is 1. The Labute approximate surface area is 128 Å². The van der Waals surface area contributed by atoms with Crippen LogP contribution in [0.2, 0.25) is 0 Å². The van der Waals surface area contributed by atoms with E-state index in [4.69, 9.17) is 5.11 Å². The maximum absolute atomic E-state index is 12.4. The lowest BCUT2D eigenvalue weighted by Gasteiger charge is -2.37. The molecule has 1 fully saturated rings. The molecule has 0 spiro atoms. The highest BCUT2D eigenvalue weighted by atomic mass is 16.4. The normalized spacial score (nSPS) is 19.7. The summed E-state index contributed by atoms with van der Waals surface area (Å²) in [5, 5.41) is 11.9. The van der Waals surface area contributed by atoms with Crippen LogP contribution in [0.5, 0.6) is 0 Å². The molecule has 1 heterocycles. The van der Waals surface area contributed by atoms with Gasteiger partial charge in [0.15, 0.2) is 0 Å². The van der Waals surface area contributed by atoms with Crippen LogP contribution in [0.1, 0.15) is 59.8 Å². The molecule has 0 aromatic rings. The van der Waals surface area contributed by atoms with Gasteiger partial charge >= 0.3 is 12.0 Å². The van der Waals surface area contributed by atoms with Crippen molar-refractivity contribution in [3.05, 3.63) is 0 Å². The first-order valence-corrected chi connectivity index (χ1v) is 8.00. The number of amides is 2. The highest BCUT2D eigenvalue weighted by Crippen LogP contribution is 2.25. The van der Waals surface area contributed by atoms with Crippen molar-refractivity contribution >= 4 is 12.0 Å². The van der Waals surface area contributed by atoms with E-state index in [-0.39, 0.29) is 23.9 Å². The van der Waals surface area contributed by atoms with Crippen molar-refractivity contribution in [1.29, 1.82) is 0 Å². The number of carboxylic acid groups (broad SMARTS) is 1. The molecule has 5 nitrogen and oxygen atoms in total. The molecule has 0 aromatic carbocycles. The van der Waals surface area contributed by atoms with Crippen molar-refractivity contribution < 1.29 is 14.7 Å². The van der Waals surface area contributed by atoms with Crippen LogP contribution >= 0.6 is 0 Å². The average molecular weight is 298 g/mol. The van der Waals surface area contributed by atoms with Crippen LogP contribution in [0, 0.1) is 11.3 Å². The first-order chi connectivity index (χ1) is 9.74. The van der Waals surface area contributed by atoms with Crippen molar-refractivity contribution in [2.24, 2.45) is 11.3 Å². The summed E-state index contributed by atoms with van der Waals surface area (Å²) in [6.45, 7) is 9.99. The lowest BCUT2D eigenvalue weighted by Crippen LogP contribution is -2.50. The van der Waals surface area contributed by atoms with Gasteiger partial charge in [0.25, 0.3) is 0 Å². The van der Waals surface area contributed by atoms with Crippen LogP contribution in [0.4, 0.5) is 4.79 Å². The van der Waals surface area contributed by atoms with Crippen LogP contribution < -0.4 is 5.32 Å². The Morgan fingerprint density at radius 3 is 2.57 bits per heavy atom. The highest BCUT2D eigenvalue weighted by molar-refractivity contribution is 5.75. The van der Waals surface area contributed by atoms with Crippen molar-refractivity contribution in [3.8, 4) is 0 Å². The first kappa shape index (κ1) is 17.8. The van der Waals surface area contributed by atoms with E-state index in [1.54, 1.807) is 0 Å². The van der Waals surface area contributed by atoms with E-state index < -0.39 is 5.97 Å². The molecule has 1 rings (SSSR count). The number of nitrogens with zero attached hydrogens (tertiary/aromatic N) is 1. The lowest BCUT2D eigenvalue weighted by atomic mass is 9.81. The molecule has 1 aliphatic heterocycles. The molecule has 1 aliphatic rings. The summed E-state index contributed by atoms with van der Waals surface area (Å²) in [5.74, 6) is -0.302. The predicted molar refractivity (Wildman–Crippen MR) is 83.2 cm³/mol. The number of carbonyl (C=O) groups is 2. The summed E-state index contributed by atoms with van der Waals surface area (Å²) in [6.07, 6.45) is 3.67. The molecule has 2 amide bonds. The molecule has 21 heavy (non-hydrogen) atoms. The maximum atomic E-state index is 12.4. The SMILES string of the molecule is CC(C)C(C)(C)CNC(=O)N1CCCCC1CCC(=O)O. The lowest BCUT2D eigenvalue weighted by molar-refractivity contribution is -0.137. The third-order valence-corrected chi connectivity index (χ3v) is 4.84. The highest BCUT2D eigenvalue weighted by Gasteiger charge is 2.29. The Bertz CT molecular complexity index is 367. The number of aliphatic carboxylic acids is 1. The minimum absolute atomic E-state index is 0.0428. The molecular formula is C16H30N2O3. The standard InChI is InChI=1S/C16H30N2O3/c1-12(2)16(3,4)11-17-15(21)18-10-6-5-7-13(18)8-9-14(19)20/h12-13H,5-11H2,1-4H3,(H,17,21)(H,19,20). The quantitative estimate of drug-likeness (QED) is 0.791. The molecule has 0 aliphatic carbocycles. The second kappa shape index (κ2) is 7.66. The van der Waals surface area contributed by atoms with Gasteiger partial charge in [0.2, 0.25) is 0 Å². The van der Waals surface area contributed by atoms with Gasteiger partial charge in [-0.25, -0.2) is 4.79 Å². The van der Waals surface area contributed by atoms with Gasteiger partial charge < -0.3 is 15.3 Å². The van der Waals surface area contributed by atoms with Crippen molar-refractivity contribution in [1.82, 2.24) is 10.2 Å². The summed E-state index contributed by atoms with van der Waals surface area (Å²) in [4.78, 5) is 25.0. The number of hydrogen-bond acceptors (Lipinski definition) is 2. The largest absolute Gasteiger partial charge is 0.481 e. The summed E-state index contributed by atoms with van der Waals surface area (Å²) < 4.78 is 0. The third-order valence-electron chi connectivity index (χ3n) is 4.84. The van der Waals surface area contributed by atoms with Crippen LogP contribution in [0.15, 0.2) is 0 Å². The molecule has 122 valence electrons. The molecular weight excluding hydrogens is 268 g/mol. The zero-order valence-electron chi connectivity index (χ0n) is 13.8. The van der Waals surface area contributed by atoms with Gasteiger partial charge in [-0.3, -0.25) is 4.79 Å². The molecule has 0 aromatic heterocycles. The van der Waals surface area contributed by atoms with Crippen molar-refractivity contribution in [3.63, 3.8) is 0 Å². The van der Waals surface area contributed by atoms with Gasteiger partial charge in [0, 0.05) is 25.6 Å². The molecule has 1 atom stereocenters. The van der Waals surface area contributed by atoms with Crippen LogP contribution in [-0.2, 0) is 4.79 Å².